The molecule has 0 radical (unpaired) electrons. The van der Waals surface area contributed by atoms with Gasteiger partial charge in [-0.25, -0.2) is 0 Å². The molecular formula is C9H11Cl2NO2. The minimum Gasteiger partial charge on any atom is -0.471 e. The van der Waals surface area contributed by atoms with Crippen LogP contribution in [0.2, 0.25) is 10.0 Å². The van der Waals surface area contributed by atoms with Crippen molar-refractivity contribution in [1.29, 1.82) is 0 Å². The van der Waals surface area contributed by atoms with Crippen LogP contribution in [0.5, 0.6) is 5.75 Å². The number of ether oxygens (including phenoxy) is 1. The van der Waals surface area contributed by atoms with E-state index in [1.165, 1.54) is 6.92 Å². The summed E-state index contributed by atoms with van der Waals surface area (Å²) in [6.07, 6.45) is -1.59. The van der Waals surface area contributed by atoms with Crippen molar-refractivity contribution in [2.75, 3.05) is 0 Å². The second-order valence-electron chi connectivity index (χ2n) is 2.90. The topological polar surface area (TPSA) is 55.5 Å². The van der Waals surface area contributed by atoms with Gasteiger partial charge in [0.15, 0.2) is 6.23 Å². The molecule has 78 valence electrons. The first-order chi connectivity index (χ1) is 6.50. The summed E-state index contributed by atoms with van der Waals surface area (Å²) < 4.78 is 5.20. The average molecular weight is 236 g/mol. The minimum absolute atomic E-state index is 0.368. The quantitative estimate of drug-likeness (QED) is 0.789. The van der Waals surface area contributed by atoms with E-state index in [-0.39, 0.29) is 0 Å². The van der Waals surface area contributed by atoms with Gasteiger partial charge in [0.2, 0.25) is 0 Å². The molecule has 1 rings (SSSR count). The maximum Gasteiger partial charge on any atom is 0.173 e. The van der Waals surface area contributed by atoms with Crippen LogP contribution in [0.4, 0.5) is 0 Å². The third-order valence-electron chi connectivity index (χ3n) is 1.63. The summed E-state index contributed by atoms with van der Waals surface area (Å²) in [5.41, 5.74) is 5.49. The predicted molar refractivity (Wildman–Crippen MR) is 56.7 cm³/mol. The highest BCUT2D eigenvalue weighted by Crippen LogP contribution is 2.28. The third kappa shape index (κ3) is 3.03. The molecule has 0 aliphatic heterocycles. The molecule has 0 saturated heterocycles. The van der Waals surface area contributed by atoms with E-state index in [4.69, 9.17) is 38.8 Å². The summed E-state index contributed by atoms with van der Waals surface area (Å²) in [5.74, 6) is 0.368. The Hall–Kier alpha value is -0.480. The molecule has 0 fully saturated rings. The van der Waals surface area contributed by atoms with Crippen LogP contribution in [0, 0.1) is 0 Å². The van der Waals surface area contributed by atoms with Crippen LogP contribution < -0.4 is 10.5 Å². The lowest BCUT2D eigenvalue weighted by Gasteiger charge is -2.17. The van der Waals surface area contributed by atoms with Crippen LogP contribution in [-0.2, 0) is 0 Å². The predicted octanol–water partition coefficient (Wildman–Crippen LogP) is 2.04. The van der Waals surface area contributed by atoms with Gasteiger partial charge >= 0.3 is 0 Å². The van der Waals surface area contributed by atoms with E-state index in [2.05, 4.69) is 0 Å². The SMILES string of the molecule is CC(O)C(N)Oc1cc(Cl)ccc1Cl. The number of aliphatic hydroxyl groups excluding tert-OH is 1. The minimum atomic E-state index is -0.814. The molecule has 2 unspecified atom stereocenters. The van der Waals surface area contributed by atoms with Crippen LogP contribution >= 0.6 is 23.2 Å². The third-order valence-corrected chi connectivity index (χ3v) is 2.18. The zero-order chi connectivity index (χ0) is 10.7. The monoisotopic (exact) mass is 235 g/mol. The van der Waals surface area contributed by atoms with Crippen molar-refractivity contribution < 1.29 is 9.84 Å². The van der Waals surface area contributed by atoms with Crippen molar-refractivity contribution >= 4 is 23.2 Å². The molecule has 1 aromatic carbocycles. The fourth-order valence-corrected chi connectivity index (χ4v) is 1.14. The van der Waals surface area contributed by atoms with Crippen molar-refractivity contribution in [3.05, 3.63) is 28.2 Å². The molecule has 0 heterocycles. The molecule has 0 aliphatic carbocycles. The average Bonchev–Trinajstić information content (AvgIpc) is 2.11. The van der Waals surface area contributed by atoms with Gasteiger partial charge in [-0.3, -0.25) is 5.73 Å². The summed E-state index contributed by atoms with van der Waals surface area (Å²) in [6.45, 7) is 1.53. The second-order valence-corrected chi connectivity index (χ2v) is 3.74. The molecule has 0 aliphatic rings. The Kier molecular flexibility index (Phi) is 4.01. The van der Waals surface area contributed by atoms with Crippen molar-refractivity contribution in [2.24, 2.45) is 5.73 Å². The van der Waals surface area contributed by atoms with Gasteiger partial charge in [-0.2, -0.15) is 0 Å². The Bertz CT molecular complexity index is 318. The number of hydrogen-bond acceptors (Lipinski definition) is 3. The molecule has 0 amide bonds. The number of benzene rings is 1. The standard InChI is InChI=1S/C9H11Cl2NO2/c1-5(13)9(12)14-8-4-6(10)2-3-7(8)11/h2-5,9,13H,12H2,1H3. The molecule has 0 aromatic heterocycles. The summed E-state index contributed by atoms with van der Waals surface area (Å²) in [5, 5.41) is 10.0. The van der Waals surface area contributed by atoms with E-state index in [0.717, 1.165) is 0 Å². The van der Waals surface area contributed by atoms with Crippen LogP contribution in [0.3, 0.4) is 0 Å². The van der Waals surface area contributed by atoms with Gasteiger partial charge in [-0.1, -0.05) is 23.2 Å². The van der Waals surface area contributed by atoms with Crippen molar-refractivity contribution in [3.8, 4) is 5.75 Å². The Morgan fingerprint density at radius 2 is 2.07 bits per heavy atom. The number of hydrogen-bond donors (Lipinski definition) is 2. The number of aliphatic hydroxyl groups is 1. The Morgan fingerprint density at radius 1 is 1.43 bits per heavy atom. The van der Waals surface area contributed by atoms with E-state index in [9.17, 15) is 0 Å². The summed E-state index contributed by atoms with van der Waals surface area (Å²) in [7, 11) is 0. The molecule has 1 aromatic rings. The fraction of sp³-hybridized carbons (Fsp3) is 0.333. The van der Waals surface area contributed by atoms with Crippen LogP contribution in [0.25, 0.3) is 0 Å². The maximum atomic E-state index is 9.12. The Balaban J connectivity index is 2.80. The van der Waals surface area contributed by atoms with Gasteiger partial charge in [0, 0.05) is 11.1 Å². The van der Waals surface area contributed by atoms with E-state index in [1.807, 2.05) is 0 Å². The highest BCUT2D eigenvalue weighted by Gasteiger charge is 2.12. The molecular weight excluding hydrogens is 225 g/mol. The largest absolute Gasteiger partial charge is 0.471 e. The zero-order valence-electron chi connectivity index (χ0n) is 7.58. The lowest BCUT2D eigenvalue weighted by Crippen LogP contribution is -2.37. The van der Waals surface area contributed by atoms with Gasteiger partial charge in [-0.15, -0.1) is 0 Å². The van der Waals surface area contributed by atoms with Crippen molar-refractivity contribution in [3.63, 3.8) is 0 Å². The zero-order valence-corrected chi connectivity index (χ0v) is 9.09. The van der Waals surface area contributed by atoms with Gasteiger partial charge in [0.05, 0.1) is 5.02 Å². The Morgan fingerprint density at radius 3 is 2.64 bits per heavy atom. The lowest BCUT2D eigenvalue weighted by molar-refractivity contribution is 0.0529. The van der Waals surface area contributed by atoms with Gasteiger partial charge in [0.1, 0.15) is 11.9 Å². The number of halogens is 2. The normalized spacial score (nSPS) is 14.9. The van der Waals surface area contributed by atoms with E-state index in [1.54, 1.807) is 18.2 Å². The van der Waals surface area contributed by atoms with Crippen molar-refractivity contribution in [2.45, 2.75) is 19.3 Å². The van der Waals surface area contributed by atoms with Crippen molar-refractivity contribution in [1.82, 2.24) is 0 Å². The molecule has 3 N–H and O–H groups in total. The first-order valence-corrected chi connectivity index (χ1v) is 4.81. The fourth-order valence-electron chi connectivity index (χ4n) is 0.813. The number of rotatable bonds is 3. The lowest BCUT2D eigenvalue weighted by atomic mass is 10.3. The van der Waals surface area contributed by atoms with Gasteiger partial charge in [0.25, 0.3) is 0 Å². The molecule has 14 heavy (non-hydrogen) atoms. The molecule has 0 saturated carbocycles. The Labute approximate surface area is 92.4 Å². The highest BCUT2D eigenvalue weighted by molar-refractivity contribution is 6.34. The van der Waals surface area contributed by atoms with Crippen LogP contribution in [-0.4, -0.2) is 17.4 Å². The first-order valence-electron chi connectivity index (χ1n) is 4.06. The molecule has 0 spiro atoms. The first kappa shape index (κ1) is 11.6. The molecule has 0 bridgehead atoms. The smallest absolute Gasteiger partial charge is 0.173 e. The van der Waals surface area contributed by atoms with Gasteiger partial charge in [-0.05, 0) is 19.1 Å². The molecule has 3 nitrogen and oxygen atoms in total. The maximum absolute atomic E-state index is 9.12. The highest BCUT2D eigenvalue weighted by atomic mass is 35.5. The van der Waals surface area contributed by atoms with Crippen LogP contribution in [0.15, 0.2) is 18.2 Å². The molecule has 2 atom stereocenters. The summed E-state index contributed by atoms with van der Waals surface area (Å²) in [6, 6.07) is 4.80. The van der Waals surface area contributed by atoms with E-state index in [0.29, 0.717) is 15.8 Å². The van der Waals surface area contributed by atoms with Crippen LogP contribution in [0.1, 0.15) is 6.92 Å². The molecule has 5 heteroatoms. The van der Waals surface area contributed by atoms with E-state index >= 15 is 0 Å². The number of nitrogens with two attached hydrogens (primary N) is 1. The van der Waals surface area contributed by atoms with E-state index < -0.39 is 12.3 Å². The summed E-state index contributed by atoms with van der Waals surface area (Å²) in [4.78, 5) is 0. The summed E-state index contributed by atoms with van der Waals surface area (Å²) >= 11 is 11.6. The second kappa shape index (κ2) is 4.84. The van der Waals surface area contributed by atoms with Gasteiger partial charge < -0.3 is 9.84 Å².